The maximum Gasteiger partial charge on any atom is 0.238 e. The van der Waals surface area contributed by atoms with E-state index in [1.807, 2.05) is 13.0 Å². The molecule has 4 nitrogen and oxygen atoms in total. The van der Waals surface area contributed by atoms with Crippen molar-refractivity contribution in [3.8, 4) is 0 Å². The summed E-state index contributed by atoms with van der Waals surface area (Å²) >= 11 is 0. The lowest BCUT2D eigenvalue weighted by molar-refractivity contribution is 0.501. The van der Waals surface area contributed by atoms with Crippen molar-refractivity contribution in [3.63, 3.8) is 0 Å². The van der Waals surface area contributed by atoms with E-state index in [0.29, 0.717) is 12.8 Å². The number of hydrogen-bond donors (Lipinski definition) is 2. The molecule has 7 heteroatoms. The van der Waals surface area contributed by atoms with Gasteiger partial charge in [0, 0.05) is 6.04 Å². The maximum atomic E-state index is 13.2. The van der Waals surface area contributed by atoms with Crippen LogP contribution in [-0.2, 0) is 22.9 Å². The molecule has 2 rings (SSSR count). The lowest BCUT2D eigenvalue weighted by Crippen LogP contribution is -2.29. The Labute approximate surface area is 147 Å². The fourth-order valence-corrected chi connectivity index (χ4v) is 3.20. The lowest BCUT2D eigenvalue weighted by atomic mass is 10.1. The summed E-state index contributed by atoms with van der Waals surface area (Å²) in [4.78, 5) is 0.115. The Morgan fingerprint density at radius 3 is 2.52 bits per heavy atom. The molecule has 0 heterocycles. The first-order valence-electron chi connectivity index (χ1n) is 8.05. The van der Waals surface area contributed by atoms with Crippen LogP contribution in [0.25, 0.3) is 0 Å². The molecule has 0 aliphatic rings. The van der Waals surface area contributed by atoms with E-state index in [9.17, 15) is 17.2 Å². The van der Waals surface area contributed by atoms with Crippen LogP contribution in [0.2, 0.25) is 0 Å². The Kier molecular flexibility index (Phi) is 6.64. The van der Waals surface area contributed by atoms with Crippen molar-refractivity contribution < 1.29 is 17.2 Å². The number of nitrogens with two attached hydrogens (primary N) is 1. The summed E-state index contributed by atoms with van der Waals surface area (Å²) in [7, 11) is -3.68. The summed E-state index contributed by atoms with van der Waals surface area (Å²) in [6.45, 7) is 2.70. The zero-order chi connectivity index (χ0) is 18.4. The van der Waals surface area contributed by atoms with Crippen molar-refractivity contribution >= 4 is 10.0 Å². The van der Waals surface area contributed by atoms with E-state index in [2.05, 4.69) is 5.32 Å². The topological polar surface area (TPSA) is 72.2 Å². The largest absolute Gasteiger partial charge is 0.314 e. The number of rotatable bonds is 8. The van der Waals surface area contributed by atoms with Crippen LogP contribution in [0.15, 0.2) is 47.4 Å². The van der Waals surface area contributed by atoms with Gasteiger partial charge in [-0.05, 0) is 68.1 Å². The molecule has 0 saturated carbocycles. The third-order valence-corrected chi connectivity index (χ3v) is 4.80. The van der Waals surface area contributed by atoms with Crippen LogP contribution in [-0.4, -0.2) is 21.0 Å². The minimum atomic E-state index is -3.68. The van der Waals surface area contributed by atoms with Crippen molar-refractivity contribution in [2.45, 2.75) is 37.1 Å². The predicted molar refractivity (Wildman–Crippen MR) is 93.7 cm³/mol. The van der Waals surface area contributed by atoms with E-state index in [0.717, 1.165) is 30.2 Å². The quantitative estimate of drug-likeness (QED) is 0.704. The van der Waals surface area contributed by atoms with E-state index < -0.39 is 21.7 Å². The molecule has 0 saturated heterocycles. The van der Waals surface area contributed by atoms with E-state index >= 15 is 0 Å². The van der Waals surface area contributed by atoms with Crippen LogP contribution in [0.5, 0.6) is 0 Å². The van der Waals surface area contributed by atoms with Gasteiger partial charge in [-0.15, -0.1) is 0 Å². The smallest absolute Gasteiger partial charge is 0.238 e. The highest BCUT2D eigenvalue weighted by Gasteiger charge is 2.09. The highest BCUT2D eigenvalue weighted by Crippen LogP contribution is 2.12. The average molecular weight is 368 g/mol. The third kappa shape index (κ3) is 6.19. The number of primary sulfonamides is 1. The van der Waals surface area contributed by atoms with Gasteiger partial charge in [0.15, 0.2) is 11.6 Å². The van der Waals surface area contributed by atoms with Gasteiger partial charge in [0.2, 0.25) is 10.0 Å². The Morgan fingerprint density at radius 2 is 1.84 bits per heavy atom. The molecule has 1 atom stereocenters. The van der Waals surface area contributed by atoms with Crippen molar-refractivity contribution in [1.82, 2.24) is 5.32 Å². The average Bonchev–Trinajstić information content (AvgIpc) is 2.55. The molecule has 3 N–H and O–H groups in total. The molecule has 136 valence electrons. The van der Waals surface area contributed by atoms with Crippen molar-refractivity contribution in [2.75, 3.05) is 6.54 Å². The van der Waals surface area contributed by atoms with Crippen molar-refractivity contribution in [3.05, 3.63) is 65.2 Å². The summed E-state index contributed by atoms with van der Waals surface area (Å²) in [6.07, 6.45) is 2.13. The normalized spacial score (nSPS) is 13.0. The van der Waals surface area contributed by atoms with E-state index in [-0.39, 0.29) is 10.9 Å². The molecule has 0 spiro atoms. The van der Waals surface area contributed by atoms with Crippen LogP contribution < -0.4 is 10.5 Å². The second-order valence-corrected chi connectivity index (χ2v) is 7.67. The summed E-state index contributed by atoms with van der Waals surface area (Å²) < 4.78 is 48.8. The van der Waals surface area contributed by atoms with Crippen LogP contribution in [0.1, 0.15) is 24.5 Å². The summed E-state index contributed by atoms with van der Waals surface area (Å²) in [5, 5.41) is 8.44. The zero-order valence-electron chi connectivity index (χ0n) is 14.0. The number of hydrogen-bond acceptors (Lipinski definition) is 3. The number of halogens is 2. The lowest BCUT2D eigenvalue weighted by Gasteiger charge is -2.14. The van der Waals surface area contributed by atoms with Gasteiger partial charge < -0.3 is 5.32 Å². The second kappa shape index (κ2) is 8.51. The number of nitrogens with one attached hydrogen (secondary N) is 1. The Morgan fingerprint density at radius 1 is 1.08 bits per heavy atom. The van der Waals surface area contributed by atoms with Crippen LogP contribution in [0.4, 0.5) is 8.78 Å². The molecule has 1 unspecified atom stereocenters. The number of sulfonamides is 1. The molecule has 2 aromatic rings. The Bertz CT molecular complexity index is 826. The van der Waals surface area contributed by atoms with E-state index in [1.54, 1.807) is 18.2 Å². The maximum absolute atomic E-state index is 13.2. The van der Waals surface area contributed by atoms with Gasteiger partial charge in [0.25, 0.3) is 0 Å². The van der Waals surface area contributed by atoms with Crippen LogP contribution >= 0.6 is 0 Å². The minimum Gasteiger partial charge on any atom is -0.314 e. The molecule has 0 aromatic heterocycles. The summed E-state index contributed by atoms with van der Waals surface area (Å²) in [5.41, 5.74) is 1.64. The highest BCUT2D eigenvalue weighted by molar-refractivity contribution is 7.89. The Balaban J connectivity index is 1.78. The standard InChI is InChI=1S/C18H22F2N2O2S/c1-13(10-15-7-8-17(19)18(20)12-15)22-9-3-5-14-4-2-6-16(11-14)25(21,23)24/h2,4,6-8,11-13,22H,3,5,9-10H2,1H3,(H2,21,23,24). The first-order valence-corrected chi connectivity index (χ1v) is 9.59. The number of aryl methyl sites for hydroxylation is 1. The second-order valence-electron chi connectivity index (χ2n) is 6.10. The van der Waals surface area contributed by atoms with Crippen molar-refractivity contribution in [1.29, 1.82) is 0 Å². The fourth-order valence-electron chi connectivity index (χ4n) is 2.61. The predicted octanol–water partition coefficient (Wildman–Crippen LogP) is 2.77. The SMILES string of the molecule is CC(Cc1ccc(F)c(F)c1)NCCCc1cccc(S(N)(=O)=O)c1. The molecule has 0 aliphatic carbocycles. The highest BCUT2D eigenvalue weighted by atomic mass is 32.2. The van der Waals surface area contributed by atoms with Gasteiger partial charge >= 0.3 is 0 Å². The minimum absolute atomic E-state index is 0.112. The van der Waals surface area contributed by atoms with E-state index in [1.165, 1.54) is 12.1 Å². The van der Waals surface area contributed by atoms with Gasteiger partial charge in [-0.25, -0.2) is 22.3 Å². The zero-order valence-corrected chi connectivity index (χ0v) is 14.8. The summed E-state index contributed by atoms with van der Waals surface area (Å²) in [6, 6.07) is 10.6. The Hall–Kier alpha value is -1.83. The molecule has 0 aliphatic heterocycles. The van der Waals surface area contributed by atoms with Crippen LogP contribution in [0.3, 0.4) is 0 Å². The first kappa shape index (κ1) is 19.5. The molecular formula is C18H22F2N2O2S. The molecule has 0 bridgehead atoms. The van der Waals surface area contributed by atoms with Crippen molar-refractivity contribution in [2.24, 2.45) is 5.14 Å². The number of benzene rings is 2. The molecular weight excluding hydrogens is 346 g/mol. The molecule has 0 amide bonds. The fraction of sp³-hybridized carbons (Fsp3) is 0.333. The molecule has 0 fully saturated rings. The van der Waals surface area contributed by atoms with Gasteiger partial charge in [-0.2, -0.15) is 0 Å². The molecule has 0 radical (unpaired) electrons. The van der Waals surface area contributed by atoms with Gasteiger partial charge in [-0.1, -0.05) is 18.2 Å². The molecule has 25 heavy (non-hydrogen) atoms. The van der Waals surface area contributed by atoms with Gasteiger partial charge in [0.1, 0.15) is 0 Å². The monoisotopic (exact) mass is 368 g/mol. The molecule has 2 aromatic carbocycles. The third-order valence-electron chi connectivity index (χ3n) is 3.89. The van der Waals surface area contributed by atoms with Crippen LogP contribution in [0, 0.1) is 11.6 Å². The van der Waals surface area contributed by atoms with Gasteiger partial charge in [-0.3, -0.25) is 0 Å². The first-order chi connectivity index (χ1) is 11.8. The van der Waals surface area contributed by atoms with E-state index in [4.69, 9.17) is 5.14 Å². The summed E-state index contributed by atoms with van der Waals surface area (Å²) in [5.74, 6) is -1.68. The van der Waals surface area contributed by atoms with Gasteiger partial charge in [0.05, 0.1) is 4.90 Å².